The van der Waals surface area contributed by atoms with Gasteiger partial charge in [0.25, 0.3) is 16.7 Å². The number of ether oxygens (including phenoxy) is 3. The second-order valence-corrected chi connectivity index (χ2v) is 35.1. The minimum atomic E-state index is -4.98. The van der Waals surface area contributed by atoms with Gasteiger partial charge in [-0.15, -0.1) is 0 Å². The Labute approximate surface area is 737 Å². The first-order valence-electron chi connectivity index (χ1n) is 40.0. The molecule has 0 aliphatic rings. The molecule has 3 N–H and O–H groups in total. The van der Waals surface area contributed by atoms with Crippen molar-refractivity contribution in [2.75, 3.05) is 81.3 Å². The standard InChI is InChI=1S/C30H30F4N4O5S.C21H26N4O4S.C17H18N4O2.C9H5ClF4O.C6H15N.C4H8O2S.CH4/c1-4-43-22-11-9-21(10-12-22)38-28(36-27-23(29(38)40)7-6-14-35-27)19(3)37(15-16-44(41,42)5-2)26(39)18-20-8-13-25(31)24(17-20)30(32,33)34;1-4-29-17-10-8-16(9-11-17)25-20(15(3)22-13-14-30(27,28)5-2)24-19-18(21(25)26)7-6-12-23-19;1-3-23-13-8-6-12(7-9-13)21-16(11(2)18)20-15-14(17(21)22)5-4-10-19-15;10-8(15)4-5-1-2-7(11)6(3-5)9(12,13)14;1-4-7(5-2)6-3;1-3-7(5,6)4-2;/h6-14,17,19H,4-5,15-16,18H2,1-3H3;6-12,15,22H,4-5,13-14H2,1-3H3;4-11H,3,18H2,1-2H3;1-3H,4H2;4-6H2,1-3H3;3H,1,4H2,2H3;1H4/t19-;15-;11-;;;;/m111..../s1. The van der Waals surface area contributed by atoms with Crippen molar-refractivity contribution >= 4 is 85.4 Å². The lowest BCUT2D eigenvalue weighted by Crippen LogP contribution is -2.41. The third kappa shape index (κ3) is 30.7. The fraction of sp³-hybridized carbons (Fsp3) is 0.375. The van der Waals surface area contributed by atoms with Crippen molar-refractivity contribution in [1.82, 2.24) is 58.7 Å². The van der Waals surface area contributed by atoms with E-state index in [1.165, 1.54) is 53.4 Å². The van der Waals surface area contributed by atoms with Crippen LogP contribution in [0, 0.1) is 11.6 Å². The molecule has 0 aliphatic heterocycles. The number of nitrogens with two attached hydrogens (primary N) is 1. The van der Waals surface area contributed by atoms with Crippen LogP contribution in [0.15, 0.2) is 191 Å². The van der Waals surface area contributed by atoms with E-state index in [-0.39, 0.29) is 95.1 Å². The first kappa shape index (κ1) is 106. The molecule has 0 aliphatic carbocycles. The SMILES string of the molecule is C.C=CS(=O)(=O)CC.CCN(CC)CC.CCOc1ccc(-n2c([C@@H](C)N(CCS(=O)(=O)CC)C(=O)Cc3ccc(F)c(C(F)(F)F)c3)nc3ncccc3c2=O)cc1.CCOc1ccc(-n2c([C@@H](C)N)nc3ncccc3c2=O)cc1.CCOc1ccc(-n2c([C@@H](C)NCCS(=O)(=O)CC)nc3ncccc3c2=O)cc1.O=C(Cl)Cc1ccc(F)c(C(F)(F)F)c1. The Balaban J connectivity index is 0.000000299. The predicted octanol–water partition coefficient (Wildman–Crippen LogP) is 15.1. The van der Waals surface area contributed by atoms with Crippen molar-refractivity contribution < 1.29 is 84.2 Å². The summed E-state index contributed by atoms with van der Waals surface area (Å²) >= 11 is 5.00. The van der Waals surface area contributed by atoms with Crippen LogP contribution in [0.2, 0.25) is 0 Å². The number of fused-ring (bicyclic) bond motifs is 3. The van der Waals surface area contributed by atoms with Gasteiger partial charge in [-0.2, -0.15) is 26.3 Å². The molecule has 0 saturated heterocycles. The highest BCUT2D eigenvalue weighted by molar-refractivity contribution is 7.94. The summed E-state index contributed by atoms with van der Waals surface area (Å²) in [6.45, 7) is 30.2. The van der Waals surface area contributed by atoms with E-state index in [0.29, 0.717) is 106 Å². The van der Waals surface area contributed by atoms with Crippen molar-refractivity contribution in [1.29, 1.82) is 0 Å². The molecule has 0 unspecified atom stereocenters. The summed E-state index contributed by atoms with van der Waals surface area (Å²) < 4.78 is 193. The highest BCUT2D eigenvalue weighted by Crippen LogP contribution is 2.35. The van der Waals surface area contributed by atoms with E-state index < -0.39 is 106 Å². The molecule has 11 aromatic rings. The number of hydrogen-bond donors (Lipinski definition) is 2. The van der Waals surface area contributed by atoms with Crippen molar-refractivity contribution in [2.45, 2.75) is 134 Å². The van der Waals surface area contributed by atoms with Crippen molar-refractivity contribution in [3.05, 3.63) is 259 Å². The average Bonchev–Trinajstić information content (AvgIpc) is 0.781. The first-order chi connectivity index (χ1) is 59.5. The smallest absolute Gasteiger partial charge is 0.419 e. The topological polar surface area (TPSA) is 352 Å². The molecule has 11 rings (SSSR count). The zero-order valence-electron chi connectivity index (χ0n) is 71.6. The van der Waals surface area contributed by atoms with Gasteiger partial charge in [-0.05, 0) is 217 Å². The minimum absolute atomic E-state index is 0. The predicted molar refractivity (Wildman–Crippen MR) is 478 cm³/mol. The Kier molecular flexibility index (Phi) is 41.1. The molecule has 27 nitrogen and oxygen atoms in total. The van der Waals surface area contributed by atoms with E-state index in [1.807, 2.05) is 52.0 Å². The third-order valence-electron chi connectivity index (χ3n) is 18.9. The molecule has 0 saturated carbocycles. The molecule has 39 heteroatoms. The quantitative estimate of drug-likeness (QED) is 0.0301. The monoisotopic (exact) mass is 1850 g/mol. The van der Waals surface area contributed by atoms with Crippen molar-refractivity contribution in [2.24, 2.45) is 5.73 Å². The number of benzene rings is 5. The number of carbonyl (C=O) groups excluding carboxylic acids is 2. The Hall–Kier alpha value is -11.3. The molecule has 688 valence electrons. The van der Waals surface area contributed by atoms with Gasteiger partial charge >= 0.3 is 12.4 Å². The number of aromatic nitrogens is 9. The largest absolute Gasteiger partial charge is 0.494 e. The summed E-state index contributed by atoms with van der Waals surface area (Å²) in [6, 6.07) is 33.7. The van der Waals surface area contributed by atoms with Crippen LogP contribution in [-0.4, -0.2) is 171 Å². The Morgan fingerprint density at radius 3 is 1.20 bits per heavy atom. The molecule has 0 spiro atoms. The van der Waals surface area contributed by atoms with Gasteiger partial charge < -0.3 is 35.1 Å². The lowest BCUT2D eigenvalue weighted by Gasteiger charge is -2.30. The Bertz CT molecular complexity index is 6050. The molecular formula is C88H106ClF8N13O14S3. The fourth-order valence-electron chi connectivity index (χ4n) is 12.1. The normalized spacial score (nSPS) is 12.2. The van der Waals surface area contributed by atoms with Gasteiger partial charge in [0.1, 0.15) is 46.4 Å². The molecule has 0 radical (unpaired) electrons. The second kappa shape index (κ2) is 49.2. The van der Waals surface area contributed by atoms with Gasteiger partial charge in [0.05, 0.1) is 106 Å². The van der Waals surface area contributed by atoms with E-state index in [2.05, 4.69) is 67.5 Å². The number of rotatable bonds is 31. The van der Waals surface area contributed by atoms with E-state index in [4.69, 9.17) is 31.5 Å². The van der Waals surface area contributed by atoms with Gasteiger partial charge in [0, 0.05) is 55.0 Å². The number of nitrogens with one attached hydrogen (secondary N) is 1. The number of amides is 1. The summed E-state index contributed by atoms with van der Waals surface area (Å²) in [5.41, 5.74) is 4.65. The highest BCUT2D eigenvalue weighted by atomic mass is 35.5. The highest BCUT2D eigenvalue weighted by Gasteiger charge is 2.37. The molecule has 6 heterocycles. The van der Waals surface area contributed by atoms with E-state index in [9.17, 15) is 84.3 Å². The molecular weight excluding hydrogens is 1750 g/mol. The number of carbonyl (C=O) groups is 2. The molecule has 5 aromatic carbocycles. The maximum Gasteiger partial charge on any atom is 0.419 e. The minimum Gasteiger partial charge on any atom is -0.494 e. The van der Waals surface area contributed by atoms with E-state index in [1.54, 1.807) is 118 Å². The molecule has 127 heavy (non-hydrogen) atoms. The van der Waals surface area contributed by atoms with Crippen LogP contribution in [0.5, 0.6) is 17.2 Å². The van der Waals surface area contributed by atoms with Crippen LogP contribution in [0.4, 0.5) is 35.1 Å². The number of sulfone groups is 3. The van der Waals surface area contributed by atoms with Crippen LogP contribution < -0.4 is 41.9 Å². The summed E-state index contributed by atoms with van der Waals surface area (Å²) in [6.07, 6.45) is -6.07. The zero-order chi connectivity index (χ0) is 93.6. The number of halogens is 9. The van der Waals surface area contributed by atoms with Crippen molar-refractivity contribution in [3.8, 4) is 34.3 Å². The van der Waals surface area contributed by atoms with Crippen LogP contribution in [0.25, 0.3) is 50.2 Å². The number of nitrogens with zero attached hydrogens (tertiary/aromatic N) is 11. The van der Waals surface area contributed by atoms with Crippen LogP contribution in [-0.2, 0) is 64.3 Å². The van der Waals surface area contributed by atoms with Crippen LogP contribution in [0.1, 0.15) is 148 Å². The Morgan fingerprint density at radius 2 is 0.874 bits per heavy atom. The van der Waals surface area contributed by atoms with Crippen LogP contribution >= 0.6 is 11.6 Å². The number of pyridine rings is 3. The number of hydrogen-bond acceptors (Lipinski definition) is 23. The van der Waals surface area contributed by atoms with Gasteiger partial charge in [0.15, 0.2) is 46.5 Å². The van der Waals surface area contributed by atoms with Gasteiger partial charge in [-0.3, -0.25) is 37.7 Å². The van der Waals surface area contributed by atoms with Gasteiger partial charge in [0.2, 0.25) is 11.1 Å². The summed E-state index contributed by atoms with van der Waals surface area (Å²) in [5.74, 6) is -0.997. The third-order valence-corrected chi connectivity index (χ3v) is 23.8. The van der Waals surface area contributed by atoms with Gasteiger partial charge in [-0.1, -0.05) is 67.7 Å². The summed E-state index contributed by atoms with van der Waals surface area (Å²) in [7, 11) is -9.58. The Morgan fingerprint density at radius 1 is 0.520 bits per heavy atom. The van der Waals surface area contributed by atoms with Crippen LogP contribution in [0.3, 0.4) is 0 Å². The second-order valence-electron chi connectivity index (χ2n) is 27.5. The molecule has 3 atom stereocenters. The molecule has 6 aromatic heterocycles. The summed E-state index contributed by atoms with van der Waals surface area (Å²) in [4.78, 5) is 93.8. The zero-order valence-corrected chi connectivity index (χ0v) is 74.8. The van der Waals surface area contributed by atoms with E-state index in [0.717, 1.165) is 28.2 Å². The molecule has 0 fully saturated rings. The maximum absolute atomic E-state index is 13.9. The lowest BCUT2D eigenvalue weighted by atomic mass is 10.1. The summed E-state index contributed by atoms with van der Waals surface area (Å²) in [5, 5.41) is 4.40. The lowest BCUT2D eigenvalue weighted by molar-refractivity contribution is -0.141. The van der Waals surface area contributed by atoms with Gasteiger partial charge in [-0.25, -0.2) is 63.9 Å². The fourth-order valence-corrected chi connectivity index (χ4v) is 13.9. The molecule has 0 bridgehead atoms. The molecule has 1 amide bonds. The first-order valence-corrected chi connectivity index (χ1v) is 45.7. The number of alkyl halides is 6. The van der Waals surface area contributed by atoms with Crippen molar-refractivity contribution in [3.63, 3.8) is 0 Å². The average molecular weight is 1850 g/mol. The van der Waals surface area contributed by atoms with E-state index >= 15 is 0 Å². The maximum atomic E-state index is 13.9.